The Morgan fingerprint density at radius 2 is 1.80 bits per heavy atom. The van der Waals surface area contributed by atoms with Gasteiger partial charge in [-0.1, -0.05) is 31.4 Å². The molecule has 0 saturated carbocycles. The first-order valence-electron chi connectivity index (χ1n) is 7.63. The van der Waals surface area contributed by atoms with Gasteiger partial charge >= 0.3 is 0 Å². The largest absolute Gasteiger partial charge is 0.477 e. The standard InChI is InChI=1S/C16H22N2O2/c19-16(18-10-6-2-1-3-7-11-18)15-12-17-13-8-4-5-9-14(13)20-15/h4-5,8-9,15,17H,1-3,6-7,10-12H2. The first kappa shape index (κ1) is 13.3. The van der Waals surface area contributed by atoms with Crippen LogP contribution in [0.3, 0.4) is 0 Å². The van der Waals surface area contributed by atoms with E-state index >= 15 is 0 Å². The van der Waals surface area contributed by atoms with Crippen molar-refractivity contribution >= 4 is 11.6 Å². The highest BCUT2D eigenvalue weighted by atomic mass is 16.5. The Bertz CT molecular complexity index is 467. The topological polar surface area (TPSA) is 41.6 Å². The van der Waals surface area contributed by atoms with Gasteiger partial charge in [-0.2, -0.15) is 0 Å². The number of likely N-dealkylation sites (tertiary alicyclic amines) is 1. The average molecular weight is 274 g/mol. The van der Waals surface area contributed by atoms with E-state index in [0.29, 0.717) is 6.54 Å². The molecular formula is C16H22N2O2. The van der Waals surface area contributed by atoms with Gasteiger partial charge in [0.05, 0.1) is 12.2 Å². The first-order chi connectivity index (χ1) is 9.84. The Kier molecular flexibility index (Phi) is 4.09. The van der Waals surface area contributed by atoms with E-state index < -0.39 is 0 Å². The van der Waals surface area contributed by atoms with Gasteiger partial charge in [0.1, 0.15) is 5.75 Å². The predicted molar refractivity (Wildman–Crippen MR) is 79.0 cm³/mol. The van der Waals surface area contributed by atoms with Crippen LogP contribution >= 0.6 is 0 Å². The van der Waals surface area contributed by atoms with Crippen molar-refractivity contribution in [3.05, 3.63) is 24.3 Å². The Balaban J connectivity index is 1.65. The third-order valence-corrected chi connectivity index (χ3v) is 4.08. The molecule has 2 heterocycles. The molecule has 20 heavy (non-hydrogen) atoms. The molecule has 1 aromatic carbocycles. The molecule has 1 amide bonds. The molecule has 2 aliphatic heterocycles. The second-order valence-corrected chi connectivity index (χ2v) is 5.58. The molecule has 1 atom stereocenters. The Morgan fingerprint density at radius 1 is 1.10 bits per heavy atom. The minimum atomic E-state index is -0.385. The molecule has 1 fully saturated rings. The Hall–Kier alpha value is -1.71. The maximum Gasteiger partial charge on any atom is 0.265 e. The number of carbonyl (C=O) groups excluding carboxylic acids is 1. The van der Waals surface area contributed by atoms with E-state index in [1.165, 1.54) is 19.3 Å². The van der Waals surface area contributed by atoms with E-state index in [9.17, 15) is 4.79 Å². The number of nitrogens with zero attached hydrogens (tertiary/aromatic N) is 1. The number of nitrogens with one attached hydrogen (secondary N) is 1. The summed E-state index contributed by atoms with van der Waals surface area (Å²) in [5, 5.41) is 3.29. The van der Waals surface area contributed by atoms with Crippen LogP contribution in [0.25, 0.3) is 0 Å². The number of rotatable bonds is 1. The lowest BCUT2D eigenvalue weighted by Gasteiger charge is -2.32. The fraction of sp³-hybridized carbons (Fsp3) is 0.562. The molecule has 1 aromatic rings. The van der Waals surface area contributed by atoms with Crippen molar-refractivity contribution in [3.8, 4) is 5.75 Å². The number of hydrogen-bond donors (Lipinski definition) is 1. The number of ether oxygens (including phenoxy) is 1. The van der Waals surface area contributed by atoms with E-state index in [1.807, 2.05) is 29.2 Å². The summed E-state index contributed by atoms with van der Waals surface area (Å²) in [4.78, 5) is 14.6. The van der Waals surface area contributed by atoms with Gasteiger partial charge < -0.3 is 15.0 Å². The van der Waals surface area contributed by atoms with Crippen molar-refractivity contribution in [2.45, 2.75) is 38.2 Å². The lowest BCUT2D eigenvalue weighted by Crippen LogP contribution is -2.47. The van der Waals surface area contributed by atoms with Gasteiger partial charge in [0, 0.05) is 13.1 Å². The van der Waals surface area contributed by atoms with Gasteiger partial charge in [-0.3, -0.25) is 4.79 Å². The molecule has 4 nitrogen and oxygen atoms in total. The quantitative estimate of drug-likeness (QED) is 0.856. The summed E-state index contributed by atoms with van der Waals surface area (Å²) in [6, 6.07) is 7.79. The number of amides is 1. The molecule has 0 spiro atoms. The summed E-state index contributed by atoms with van der Waals surface area (Å²) >= 11 is 0. The fourth-order valence-electron chi connectivity index (χ4n) is 2.92. The highest BCUT2D eigenvalue weighted by Crippen LogP contribution is 2.28. The maximum atomic E-state index is 12.6. The molecule has 1 N–H and O–H groups in total. The minimum Gasteiger partial charge on any atom is -0.477 e. The van der Waals surface area contributed by atoms with Crippen molar-refractivity contribution in [3.63, 3.8) is 0 Å². The van der Waals surface area contributed by atoms with Crippen molar-refractivity contribution in [1.82, 2.24) is 4.90 Å². The second kappa shape index (κ2) is 6.16. The van der Waals surface area contributed by atoms with Crippen molar-refractivity contribution in [2.24, 2.45) is 0 Å². The predicted octanol–water partition coefficient (Wildman–Crippen LogP) is 2.65. The molecule has 0 radical (unpaired) electrons. The van der Waals surface area contributed by atoms with E-state index in [0.717, 1.165) is 37.4 Å². The highest BCUT2D eigenvalue weighted by molar-refractivity contribution is 5.83. The maximum absolute atomic E-state index is 12.6. The number of benzene rings is 1. The van der Waals surface area contributed by atoms with E-state index in [1.54, 1.807) is 0 Å². The average Bonchev–Trinajstić information content (AvgIpc) is 2.46. The van der Waals surface area contributed by atoms with Crippen LogP contribution in [0.2, 0.25) is 0 Å². The van der Waals surface area contributed by atoms with E-state index in [4.69, 9.17) is 4.74 Å². The van der Waals surface area contributed by atoms with E-state index in [-0.39, 0.29) is 12.0 Å². The molecule has 2 aliphatic rings. The Morgan fingerprint density at radius 3 is 2.60 bits per heavy atom. The summed E-state index contributed by atoms with van der Waals surface area (Å²) < 4.78 is 5.87. The van der Waals surface area contributed by atoms with Crippen LogP contribution in [0, 0.1) is 0 Å². The van der Waals surface area contributed by atoms with Crippen molar-refractivity contribution in [1.29, 1.82) is 0 Å². The van der Waals surface area contributed by atoms with Crippen LogP contribution in [0.1, 0.15) is 32.1 Å². The molecule has 0 bridgehead atoms. The van der Waals surface area contributed by atoms with Crippen LogP contribution in [-0.4, -0.2) is 36.5 Å². The normalized spacial score (nSPS) is 22.8. The monoisotopic (exact) mass is 274 g/mol. The van der Waals surface area contributed by atoms with Crippen molar-refractivity contribution in [2.75, 3.05) is 25.0 Å². The third-order valence-electron chi connectivity index (χ3n) is 4.08. The lowest BCUT2D eigenvalue weighted by molar-refractivity contribution is -0.138. The molecule has 1 unspecified atom stereocenters. The van der Waals surface area contributed by atoms with Gasteiger partial charge in [-0.15, -0.1) is 0 Å². The van der Waals surface area contributed by atoms with Crippen LogP contribution in [0.4, 0.5) is 5.69 Å². The second-order valence-electron chi connectivity index (χ2n) is 5.58. The van der Waals surface area contributed by atoms with Gasteiger partial charge in [0.15, 0.2) is 6.10 Å². The summed E-state index contributed by atoms with van der Waals surface area (Å²) in [6.45, 7) is 2.31. The zero-order valence-corrected chi connectivity index (χ0v) is 11.8. The molecule has 108 valence electrons. The highest BCUT2D eigenvalue weighted by Gasteiger charge is 2.29. The molecule has 4 heteroatoms. The summed E-state index contributed by atoms with van der Waals surface area (Å²) in [5.41, 5.74) is 0.976. The molecule has 3 rings (SSSR count). The van der Waals surface area contributed by atoms with Gasteiger partial charge in [-0.05, 0) is 25.0 Å². The van der Waals surface area contributed by atoms with Gasteiger partial charge in [0.2, 0.25) is 0 Å². The Labute approximate surface area is 120 Å². The lowest BCUT2D eigenvalue weighted by atomic mass is 10.1. The van der Waals surface area contributed by atoms with Gasteiger partial charge in [-0.25, -0.2) is 0 Å². The van der Waals surface area contributed by atoms with Crippen LogP contribution in [0.5, 0.6) is 5.75 Å². The van der Waals surface area contributed by atoms with Crippen LogP contribution < -0.4 is 10.1 Å². The van der Waals surface area contributed by atoms with Gasteiger partial charge in [0.25, 0.3) is 5.91 Å². The van der Waals surface area contributed by atoms with Crippen LogP contribution in [-0.2, 0) is 4.79 Å². The third kappa shape index (κ3) is 2.89. The SMILES string of the molecule is O=C(C1CNc2ccccc2O1)N1CCCCCCC1. The fourth-order valence-corrected chi connectivity index (χ4v) is 2.92. The smallest absolute Gasteiger partial charge is 0.265 e. The molecule has 0 aliphatic carbocycles. The number of fused-ring (bicyclic) bond motifs is 1. The summed E-state index contributed by atoms with van der Waals surface area (Å²) in [7, 11) is 0. The molecule has 1 saturated heterocycles. The van der Waals surface area contributed by atoms with Crippen LogP contribution in [0.15, 0.2) is 24.3 Å². The molecular weight excluding hydrogens is 252 g/mol. The number of hydrogen-bond acceptors (Lipinski definition) is 3. The summed E-state index contributed by atoms with van der Waals surface area (Å²) in [5.74, 6) is 0.915. The number of anilines is 1. The zero-order valence-electron chi connectivity index (χ0n) is 11.8. The first-order valence-corrected chi connectivity index (χ1v) is 7.63. The van der Waals surface area contributed by atoms with E-state index in [2.05, 4.69) is 5.32 Å². The molecule has 0 aromatic heterocycles. The zero-order chi connectivity index (χ0) is 13.8. The number of carbonyl (C=O) groups is 1. The number of para-hydroxylation sites is 2. The minimum absolute atomic E-state index is 0.133. The van der Waals surface area contributed by atoms with Crippen molar-refractivity contribution < 1.29 is 9.53 Å². The summed E-state index contributed by atoms with van der Waals surface area (Å²) in [6.07, 6.45) is 5.61.